The summed E-state index contributed by atoms with van der Waals surface area (Å²) < 4.78 is 28.4. The first-order valence-corrected chi connectivity index (χ1v) is 11.7. The van der Waals surface area contributed by atoms with E-state index in [1.807, 2.05) is 13.8 Å². The lowest BCUT2D eigenvalue weighted by molar-refractivity contribution is -0.230. The van der Waals surface area contributed by atoms with E-state index in [0.29, 0.717) is 19.6 Å². The summed E-state index contributed by atoms with van der Waals surface area (Å²) in [6, 6.07) is 2.04. The van der Waals surface area contributed by atoms with Gasteiger partial charge in [0.15, 0.2) is 12.1 Å². The van der Waals surface area contributed by atoms with Crippen LogP contribution >= 0.6 is 0 Å². The van der Waals surface area contributed by atoms with Crippen LogP contribution in [0.3, 0.4) is 0 Å². The molecule has 0 aromatic carbocycles. The Kier molecular flexibility index (Phi) is 7.40. The van der Waals surface area contributed by atoms with Crippen molar-refractivity contribution in [1.29, 1.82) is 5.26 Å². The van der Waals surface area contributed by atoms with E-state index in [2.05, 4.69) is 11.4 Å². The van der Waals surface area contributed by atoms with Gasteiger partial charge in [-0.3, -0.25) is 4.79 Å². The van der Waals surface area contributed by atoms with E-state index >= 15 is 0 Å². The first-order chi connectivity index (χ1) is 15.8. The number of methoxy groups -OCH3 is 1. The standard InChI is InChI=1S/C22H34N4O7/c1-22(2)32-18-16(31-20(29-3)19(18)33-22)13-30-21(28)25-9-6-14(7-10-25)24-12-17(27)26-8-4-5-15(26)11-23/h14-16,18-20,24H,4-10,12-13H2,1-3H3/t15-,16?,18+,19?,20?/m0/s1. The predicted octanol–water partition coefficient (Wildman–Crippen LogP) is 0.583. The molecule has 1 N–H and O–H groups in total. The first-order valence-electron chi connectivity index (χ1n) is 11.7. The number of ether oxygens (including phenoxy) is 5. The molecule has 0 spiro atoms. The summed E-state index contributed by atoms with van der Waals surface area (Å²) in [6.45, 7) is 5.67. The van der Waals surface area contributed by atoms with Gasteiger partial charge >= 0.3 is 6.09 Å². The zero-order chi connectivity index (χ0) is 23.6. The molecule has 0 radical (unpaired) electrons. The number of carbonyl (C=O) groups is 2. The second-order valence-electron chi connectivity index (χ2n) is 9.44. The molecule has 4 aliphatic heterocycles. The van der Waals surface area contributed by atoms with Crippen LogP contribution in [0.4, 0.5) is 4.79 Å². The SMILES string of the molecule is COC1OC(COC(=O)N2CCC(NCC(=O)N3CCC[C@H]3C#N)CC2)[C@H]2OC(C)(C)OC12. The maximum atomic E-state index is 12.6. The molecule has 184 valence electrons. The van der Waals surface area contributed by atoms with E-state index < -0.39 is 24.3 Å². The number of nitrogens with one attached hydrogen (secondary N) is 1. The predicted molar refractivity (Wildman–Crippen MR) is 114 cm³/mol. The fraction of sp³-hybridized carbons (Fsp3) is 0.864. The summed E-state index contributed by atoms with van der Waals surface area (Å²) in [4.78, 5) is 28.3. The van der Waals surface area contributed by atoms with Crippen molar-refractivity contribution in [2.45, 2.75) is 82.0 Å². The highest BCUT2D eigenvalue weighted by Crippen LogP contribution is 2.39. The number of fused-ring (bicyclic) bond motifs is 1. The maximum absolute atomic E-state index is 12.6. The number of nitrogens with zero attached hydrogens (tertiary/aromatic N) is 3. The number of hydrogen-bond acceptors (Lipinski definition) is 9. The summed E-state index contributed by atoms with van der Waals surface area (Å²) in [5, 5.41) is 12.4. The molecule has 4 fully saturated rings. The summed E-state index contributed by atoms with van der Waals surface area (Å²) in [7, 11) is 1.55. The minimum atomic E-state index is -0.737. The van der Waals surface area contributed by atoms with Gasteiger partial charge in [0.1, 0.15) is 31.0 Å². The molecular formula is C22H34N4O7. The molecule has 2 amide bonds. The van der Waals surface area contributed by atoms with Gasteiger partial charge in [0.05, 0.1) is 12.6 Å². The molecule has 0 saturated carbocycles. The molecule has 3 unspecified atom stereocenters. The molecule has 11 heteroatoms. The van der Waals surface area contributed by atoms with Crippen molar-refractivity contribution in [3.63, 3.8) is 0 Å². The molecule has 33 heavy (non-hydrogen) atoms. The van der Waals surface area contributed by atoms with Crippen molar-refractivity contribution in [2.24, 2.45) is 0 Å². The van der Waals surface area contributed by atoms with Gasteiger partial charge < -0.3 is 38.8 Å². The summed E-state index contributed by atoms with van der Waals surface area (Å²) in [5.74, 6) is -0.773. The second kappa shape index (κ2) is 10.1. The van der Waals surface area contributed by atoms with Gasteiger partial charge in [-0.25, -0.2) is 4.79 Å². The Morgan fingerprint density at radius 1 is 1.15 bits per heavy atom. The monoisotopic (exact) mass is 466 g/mol. The Hall–Kier alpha value is -1.97. The number of nitriles is 1. The van der Waals surface area contributed by atoms with Gasteiger partial charge in [0, 0.05) is 32.8 Å². The third-order valence-corrected chi connectivity index (χ3v) is 6.73. The Balaban J connectivity index is 1.17. The van der Waals surface area contributed by atoms with Crippen molar-refractivity contribution < 1.29 is 33.3 Å². The van der Waals surface area contributed by atoms with Gasteiger partial charge in [-0.2, -0.15) is 5.26 Å². The Morgan fingerprint density at radius 3 is 2.58 bits per heavy atom. The minimum absolute atomic E-state index is 0.0357. The zero-order valence-corrected chi connectivity index (χ0v) is 19.5. The molecule has 4 aliphatic rings. The molecule has 0 aliphatic carbocycles. The average Bonchev–Trinajstić information content (AvgIpc) is 3.49. The minimum Gasteiger partial charge on any atom is -0.447 e. The number of likely N-dealkylation sites (tertiary alicyclic amines) is 2. The first kappa shape index (κ1) is 24.2. The van der Waals surface area contributed by atoms with Crippen molar-refractivity contribution in [2.75, 3.05) is 39.9 Å². The maximum Gasteiger partial charge on any atom is 0.409 e. The lowest BCUT2D eigenvalue weighted by Gasteiger charge is -2.32. The highest BCUT2D eigenvalue weighted by molar-refractivity contribution is 5.79. The van der Waals surface area contributed by atoms with Gasteiger partial charge in [0.2, 0.25) is 5.91 Å². The number of carbonyl (C=O) groups excluding carboxylic acids is 2. The molecule has 0 aromatic rings. The van der Waals surface area contributed by atoms with Crippen molar-refractivity contribution in [1.82, 2.24) is 15.1 Å². The molecule has 5 atom stereocenters. The van der Waals surface area contributed by atoms with E-state index in [0.717, 1.165) is 25.7 Å². The van der Waals surface area contributed by atoms with Crippen LogP contribution in [-0.4, -0.2) is 104 Å². The van der Waals surface area contributed by atoms with E-state index in [9.17, 15) is 9.59 Å². The number of rotatable bonds is 6. The largest absolute Gasteiger partial charge is 0.447 e. The Morgan fingerprint density at radius 2 is 1.88 bits per heavy atom. The van der Waals surface area contributed by atoms with Crippen LogP contribution in [0.25, 0.3) is 0 Å². The van der Waals surface area contributed by atoms with Gasteiger partial charge in [-0.05, 0) is 39.5 Å². The van der Waals surface area contributed by atoms with E-state index in [1.165, 1.54) is 0 Å². The molecular weight excluding hydrogens is 432 g/mol. The average molecular weight is 467 g/mol. The molecule has 4 heterocycles. The Labute approximate surface area is 194 Å². The number of piperidine rings is 1. The quantitative estimate of drug-likeness (QED) is 0.599. The molecule has 11 nitrogen and oxygen atoms in total. The molecule has 0 aromatic heterocycles. The van der Waals surface area contributed by atoms with Crippen LogP contribution in [-0.2, 0) is 28.5 Å². The van der Waals surface area contributed by atoms with Crippen LogP contribution in [0.1, 0.15) is 39.5 Å². The summed E-state index contributed by atoms with van der Waals surface area (Å²) in [5.41, 5.74) is 0. The van der Waals surface area contributed by atoms with E-state index in [4.69, 9.17) is 28.9 Å². The normalized spacial score (nSPS) is 33.7. The lowest BCUT2D eigenvalue weighted by Crippen LogP contribution is -2.48. The van der Waals surface area contributed by atoms with Crippen LogP contribution in [0, 0.1) is 11.3 Å². The van der Waals surface area contributed by atoms with Crippen molar-refractivity contribution in [3.05, 3.63) is 0 Å². The third kappa shape index (κ3) is 5.41. The zero-order valence-electron chi connectivity index (χ0n) is 19.5. The summed E-state index contributed by atoms with van der Waals surface area (Å²) >= 11 is 0. The van der Waals surface area contributed by atoms with Crippen LogP contribution < -0.4 is 5.32 Å². The van der Waals surface area contributed by atoms with Crippen molar-refractivity contribution in [3.8, 4) is 6.07 Å². The van der Waals surface area contributed by atoms with E-state index in [1.54, 1.807) is 16.9 Å². The smallest absolute Gasteiger partial charge is 0.409 e. The summed E-state index contributed by atoms with van der Waals surface area (Å²) in [6.07, 6.45) is 0.950. The molecule has 4 rings (SSSR count). The Bertz CT molecular complexity index is 764. The van der Waals surface area contributed by atoms with Gasteiger partial charge in [-0.15, -0.1) is 0 Å². The van der Waals surface area contributed by atoms with Crippen LogP contribution in [0.15, 0.2) is 0 Å². The highest BCUT2D eigenvalue weighted by Gasteiger charge is 2.56. The van der Waals surface area contributed by atoms with Crippen LogP contribution in [0.5, 0.6) is 0 Å². The van der Waals surface area contributed by atoms with Gasteiger partial charge in [-0.1, -0.05) is 0 Å². The van der Waals surface area contributed by atoms with Crippen molar-refractivity contribution >= 4 is 12.0 Å². The topological polar surface area (TPSA) is 123 Å². The van der Waals surface area contributed by atoms with Gasteiger partial charge in [0.25, 0.3) is 0 Å². The highest BCUT2D eigenvalue weighted by atomic mass is 16.8. The molecule has 4 saturated heterocycles. The van der Waals surface area contributed by atoms with E-state index in [-0.39, 0.29) is 43.4 Å². The fourth-order valence-corrected chi connectivity index (χ4v) is 5.01. The molecule has 0 bridgehead atoms. The number of hydrogen-bond donors (Lipinski definition) is 1. The lowest BCUT2D eigenvalue weighted by atomic mass is 10.1. The second-order valence-corrected chi connectivity index (χ2v) is 9.44. The fourth-order valence-electron chi connectivity index (χ4n) is 5.01. The third-order valence-electron chi connectivity index (χ3n) is 6.73. The number of amides is 2. The van der Waals surface area contributed by atoms with Crippen LogP contribution in [0.2, 0.25) is 0 Å².